The van der Waals surface area contributed by atoms with Crippen LogP contribution in [-0.4, -0.2) is 20.3 Å². The largest absolute Gasteiger partial charge is 0.416 e. The van der Waals surface area contributed by atoms with E-state index in [2.05, 4.69) is 21.5 Å². The van der Waals surface area contributed by atoms with Crippen LogP contribution in [0.2, 0.25) is 0 Å². The third-order valence-electron chi connectivity index (χ3n) is 4.25. The first-order valence-electron chi connectivity index (χ1n) is 8.15. The molecular weight excluding hydrogens is 347 g/mol. The van der Waals surface area contributed by atoms with Crippen LogP contribution in [0.4, 0.5) is 13.2 Å². The molecule has 0 amide bonds. The van der Waals surface area contributed by atoms with Crippen LogP contribution in [0.1, 0.15) is 31.4 Å². The number of benzene rings is 1. The predicted octanol–water partition coefficient (Wildman–Crippen LogP) is 5.56. The zero-order valence-corrected chi connectivity index (χ0v) is 14.4. The minimum absolute atomic E-state index is 0.310. The van der Waals surface area contributed by atoms with Crippen LogP contribution in [0.3, 0.4) is 0 Å². The Morgan fingerprint density at radius 3 is 2.72 bits per heavy atom. The third-order valence-corrected chi connectivity index (χ3v) is 5.18. The van der Waals surface area contributed by atoms with Gasteiger partial charge in [0.2, 0.25) is 0 Å². The zero-order valence-electron chi connectivity index (χ0n) is 13.5. The maximum absolute atomic E-state index is 13.0. The lowest BCUT2D eigenvalue weighted by molar-refractivity contribution is -0.137. The fourth-order valence-electron chi connectivity index (χ4n) is 3.00. The average Bonchev–Trinajstić information content (AvgIpc) is 3.34. The van der Waals surface area contributed by atoms with E-state index in [9.17, 15) is 13.2 Å². The van der Waals surface area contributed by atoms with E-state index in [1.807, 2.05) is 6.07 Å². The van der Waals surface area contributed by atoms with Crippen molar-refractivity contribution in [3.05, 3.63) is 42.2 Å². The maximum atomic E-state index is 13.0. The first-order valence-corrected chi connectivity index (χ1v) is 9.14. The highest BCUT2D eigenvalue weighted by Crippen LogP contribution is 2.43. The number of fused-ring (bicyclic) bond motifs is 1. The Kier molecular flexibility index (Phi) is 3.98. The van der Waals surface area contributed by atoms with Gasteiger partial charge >= 0.3 is 6.18 Å². The Bertz CT molecular complexity index is 929. The molecule has 0 N–H and O–H groups in total. The molecule has 1 fully saturated rings. The lowest BCUT2D eigenvalue weighted by atomic mass is 10.2. The highest BCUT2D eigenvalue weighted by atomic mass is 32.2. The van der Waals surface area contributed by atoms with Crippen molar-refractivity contribution >= 4 is 22.8 Å². The van der Waals surface area contributed by atoms with Crippen LogP contribution in [0.15, 0.2) is 41.6 Å². The molecule has 1 aliphatic rings. The summed E-state index contributed by atoms with van der Waals surface area (Å²) < 4.78 is 41.2. The van der Waals surface area contributed by atoms with E-state index in [4.69, 9.17) is 0 Å². The zero-order chi connectivity index (χ0) is 17.6. The molecular formula is C18H16F3N3S. The van der Waals surface area contributed by atoms with Crippen LogP contribution < -0.4 is 0 Å². The second-order valence-corrected chi connectivity index (χ2v) is 7.35. The van der Waals surface area contributed by atoms with Crippen molar-refractivity contribution in [2.45, 2.75) is 36.9 Å². The summed E-state index contributed by atoms with van der Waals surface area (Å²) in [4.78, 5) is 9.75. The number of rotatable bonds is 4. The lowest BCUT2D eigenvalue weighted by Crippen LogP contribution is -2.04. The number of thioether (sulfide) groups is 1. The topological polar surface area (TPSA) is 30.7 Å². The van der Waals surface area contributed by atoms with Crippen LogP contribution in [0, 0.1) is 0 Å². The van der Waals surface area contributed by atoms with Gasteiger partial charge < -0.3 is 4.57 Å². The van der Waals surface area contributed by atoms with E-state index < -0.39 is 11.7 Å². The summed E-state index contributed by atoms with van der Waals surface area (Å²) in [5.41, 5.74) is 1.42. The highest BCUT2D eigenvalue weighted by Gasteiger charge is 2.33. The number of pyridine rings is 1. The fraction of sp³-hybridized carbons (Fsp3) is 0.333. The molecule has 0 spiro atoms. The lowest BCUT2D eigenvalue weighted by Gasteiger charge is -2.11. The molecule has 3 nitrogen and oxygen atoms in total. The third kappa shape index (κ3) is 3.01. The first-order chi connectivity index (χ1) is 12.0. The Hall–Kier alpha value is -2.02. The highest BCUT2D eigenvalue weighted by molar-refractivity contribution is 7.99. The van der Waals surface area contributed by atoms with Crippen molar-refractivity contribution in [3.8, 4) is 11.4 Å². The second kappa shape index (κ2) is 6.05. The molecule has 1 aliphatic carbocycles. The monoisotopic (exact) mass is 363 g/mol. The summed E-state index contributed by atoms with van der Waals surface area (Å²) >= 11 is 1.66. The number of imidazole rings is 1. The molecule has 0 unspecified atom stereocenters. The molecule has 130 valence electrons. The van der Waals surface area contributed by atoms with Gasteiger partial charge in [0.1, 0.15) is 5.82 Å². The average molecular weight is 363 g/mol. The van der Waals surface area contributed by atoms with Gasteiger partial charge in [-0.05, 0) is 42.9 Å². The Balaban J connectivity index is 1.93. The van der Waals surface area contributed by atoms with Gasteiger partial charge in [-0.2, -0.15) is 13.2 Å². The summed E-state index contributed by atoms with van der Waals surface area (Å²) in [7, 11) is 0. The van der Waals surface area contributed by atoms with E-state index >= 15 is 0 Å². The number of hydrogen-bond acceptors (Lipinski definition) is 3. The minimum atomic E-state index is -4.36. The van der Waals surface area contributed by atoms with Gasteiger partial charge in [0.05, 0.1) is 16.6 Å². The molecule has 3 aromatic rings. The van der Waals surface area contributed by atoms with Crippen LogP contribution in [0.25, 0.3) is 22.4 Å². The number of alkyl halides is 3. The molecule has 2 heterocycles. The van der Waals surface area contributed by atoms with Crippen molar-refractivity contribution in [3.63, 3.8) is 0 Å². The molecule has 0 atom stereocenters. The molecule has 25 heavy (non-hydrogen) atoms. The van der Waals surface area contributed by atoms with Gasteiger partial charge in [0.15, 0.2) is 0 Å². The van der Waals surface area contributed by atoms with Gasteiger partial charge in [-0.1, -0.05) is 6.92 Å². The van der Waals surface area contributed by atoms with E-state index in [1.54, 1.807) is 30.2 Å². The molecule has 1 saturated carbocycles. The van der Waals surface area contributed by atoms with Gasteiger partial charge in [-0.25, -0.2) is 4.98 Å². The molecule has 0 radical (unpaired) electrons. The number of nitrogens with zero attached hydrogens (tertiary/aromatic N) is 3. The fourth-order valence-corrected chi connectivity index (χ4v) is 3.76. The molecule has 4 rings (SSSR count). The summed E-state index contributed by atoms with van der Waals surface area (Å²) in [5.74, 6) is 1.62. The summed E-state index contributed by atoms with van der Waals surface area (Å²) in [6.07, 6.45) is 1.19. The van der Waals surface area contributed by atoms with E-state index in [0.717, 1.165) is 52.5 Å². The number of halogens is 3. The minimum Gasteiger partial charge on any atom is -0.321 e. The quantitative estimate of drug-likeness (QED) is 0.568. The van der Waals surface area contributed by atoms with E-state index in [-0.39, 0.29) is 0 Å². The Morgan fingerprint density at radius 2 is 2.04 bits per heavy atom. The molecule has 1 aromatic carbocycles. The van der Waals surface area contributed by atoms with Gasteiger partial charge in [-0.15, -0.1) is 11.8 Å². The van der Waals surface area contributed by atoms with Crippen LogP contribution >= 0.6 is 11.8 Å². The van der Waals surface area contributed by atoms with Crippen LogP contribution in [0.5, 0.6) is 0 Å². The summed E-state index contributed by atoms with van der Waals surface area (Å²) in [5, 5.41) is 0. The SMILES string of the molecule is CCSc1cnccc1-c1nc2cc(C(F)(F)F)ccc2n1C1CC1. The predicted molar refractivity (Wildman–Crippen MR) is 92.6 cm³/mol. The van der Waals surface area contributed by atoms with Gasteiger partial charge in [0.25, 0.3) is 0 Å². The van der Waals surface area contributed by atoms with Crippen molar-refractivity contribution in [1.82, 2.24) is 14.5 Å². The first kappa shape index (κ1) is 16.4. The molecule has 2 aromatic heterocycles. The maximum Gasteiger partial charge on any atom is 0.416 e. The smallest absolute Gasteiger partial charge is 0.321 e. The Morgan fingerprint density at radius 1 is 1.24 bits per heavy atom. The van der Waals surface area contributed by atoms with Crippen molar-refractivity contribution in [1.29, 1.82) is 0 Å². The number of aromatic nitrogens is 3. The van der Waals surface area contributed by atoms with Crippen LogP contribution in [-0.2, 0) is 6.18 Å². The van der Waals surface area contributed by atoms with Crippen molar-refractivity contribution in [2.24, 2.45) is 0 Å². The standard InChI is InChI=1S/C18H16F3N3S/c1-2-25-16-10-22-8-7-13(16)17-23-14-9-11(18(19,20)21)3-6-15(14)24(17)12-4-5-12/h3,6-10,12H,2,4-5H2,1H3. The second-order valence-electron chi connectivity index (χ2n) is 6.04. The molecule has 0 saturated heterocycles. The van der Waals surface area contributed by atoms with E-state index in [0.29, 0.717) is 11.6 Å². The molecule has 0 aliphatic heterocycles. The Labute approximate surface area is 147 Å². The molecule has 0 bridgehead atoms. The van der Waals surface area contributed by atoms with Crippen molar-refractivity contribution < 1.29 is 13.2 Å². The van der Waals surface area contributed by atoms with Crippen molar-refractivity contribution in [2.75, 3.05) is 5.75 Å². The summed E-state index contributed by atoms with van der Waals surface area (Å²) in [6.45, 7) is 2.06. The normalized spacial score (nSPS) is 15.0. The summed E-state index contributed by atoms with van der Waals surface area (Å²) in [6, 6.07) is 6.03. The number of hydrogen-bond donors (Lipinski definition) is 0. The van der Waals surface area contributed by atoms with Gasteiger partial charge in [-0.3, -0.25) is 4.98 Å². The van der Waals surface area contributed by atoms with Gasteiger partial charge in [0, 0.05) is 28.9 Å². The van der Waals surface area contributed by atoms with E-state index in [1.165, 1.54) is 0 Å². The molecule has 7 heteroatoms.